The summed E-state index contributed by atoms with van der Waals surface area (Å²) in [6.07, 6.45) is 2.13. The average Bonchev–Trinajstić information content (AvgIpc) is 2.60. The third-order valence-corrected chi connectivity index (χ3v) is 3.57. The summed E-state index contributed by atoms with van der Waals surface area (Å²) in [5, 5.41) is 13.5. The highest BCUT2D eigenvalue weighted by molar-refractivity contribution is 5.56. The SMILES string of the molecule is Cc1cc(NCCC=N)ccc1OCc1ccccc1NCNN. The number of nitrogens with two attached hydrogens (primary N) is 1. The van der Waals surface area contributed by atoms with Crippen molar-refractivity contribution in [1.29, 1.82) is 5.41 Å². The number of hydrazine groups is 1. The van der Waals surface area contributed by atoms with E-state index in [9.17, 15) is 0 Å². The number of rotatable bonds is 10. The van der Waals surface area contributed by atoms with Crippen molar-refractivity contribution in [3.05, 3.63) is 53.6 Å². The molecule has 0 aliphatic heterocycles. The zero-order valence-corrected chi connectivity index (χ0v) is 13.9. The van der Waals surface area contributed by atoms with Crippen LogP contribution >= 0.6 is 0 Å². The first-order valence-corrected chi connectivity index (χ1v) is 7.96. The number of benzene rings is 2. The summed E-state index contributed by atoms with van der Waals surface area (Å²) in [5.74, 6) is 6.17. The van der Waals surface area contributed by atoms with E-state index in [-0.39, 0.29) is 0 Å². The second-order valence-corrected chi connectivity index (χ2v) is 5.40. The van der Waals surface area contributed by atoms with E-state index in [4.69, 9.17) is 16.0 Å². The molecule has 0 spiro atoms. The highest BCUT2D eigenvalue weighted by atomic mass is 16.5. The fourth-order valence-electron chi connectivity index (χ4n) is 2.33. The minimum Gasteiger partial charge on any atom is -0.489 e. The van der Waals surface area contributed by atoms with Gasteiger partial charge in [-0.15, -0.1) is 0 Å². The van der Waals surface area contributed by atoms with E-state index in [1.54, 1.807) is 0 Å². The molecule has 0 saturated carbocycles. The van der Waals surface area contributed by atoms with Gasteiger partial charge in [-0.05, 0) is 49.4 Å². The highest BCUT2D eigenvalue weighted by Gasteiger charge is 2.05. The van der Waals surface area contributed by atoms with Gasteiger partial charge in [0.1, 0.15) is 12.4 Å². The molecule has 0 bridgehead atoms. The average molecular weight is 327 g/mol. The molecule has 0 fully saturated rings. The summed E-state index contributed by atoms with van der Waals surface area (Å²) in [6, 6.07) is 14.0. The van der Waals surface area contributed by atoms with Crippen LogP contribution in [0.25, 0.3) is 0 Å². The Labute approximate surface area is 142 Å². The Morgan fingerprint density at radius 2 is 2.00 bits per heavy atom. The first-order chi connectivity index (χ1) is 11.7. The molecule has 0 radical (unpaired) electrons. The van der Waals surface area contributed by atoms with E-state index in [0.717, 1.165) is 41.2 Å². The Bertz CT molecular complexity index is 660. The minimum atomic E-state index is 0.481. The molecule has 128 valence electrons. The quantitative estimate of drug-likeness (QED) is 0.152. The van der Waals surface area contributed by atoms with E-state index in [1.807, 2.05) is 43.3 Å². The predicted molar refractivity (Wildman–Crippen MR) is 99.7 cm³/mol. The van der Waals surface area contributed by atoms with Crippen LogP contribution in [0.15, 0.2) is 42.5 Å². The van der Waals surface area contributed by atoms with Crippen molar-refractivity contribution in [3.63, 3.8) is 0 Å². The van der Waals surface area contributed by atoms with Gasteiger partial charge in [-0.2, -0.15) is 0 Å². The van der Waals surface area contributed by atoms with Gasteiger partial charge in [0.05, 0.1) is 6.67 Å². The standard InChI is InChI=1S/C18H25N5O/c1-14-11-16(21-10-4-9-19)7-8-18(14)24-12-15-5-2-3-6-17(15)22-13-23-20/h2-3,5-9,11,19,21-23H,4,10,12-13,20H2,1H3. The smallest absolute Gasteiger partial charge is 0.122 e. The van der Waals surface area contributed by atoms with E-state index in [0.29, 0.717) is 13.3 Å². The summed E-state index contributed by atoms with van der Waals surface area (Å²) in [6.45, 7) is 3.76. The van der Waals surface area contributed by atoms with Crippen molar-refractivity contribution in [1.82, 2.24) is 5.43 Å². The molecule has 0 atom stereocenters. The number of hydrogen-bond donors (Lipinski definition) is 5. The van der Waals surface area contributed by atoms with Crippen molar-refractivity contribution >= 4 is 17.6 Å². The normalized spacial score (nSPS) is 10.2. The first kappa shape index (κ1) is 17.8. The van der Waals surface area contributed by atoms with Gasteiger partial charge in [0, 0.05) is 23.5 Å². The van der Waals surface area contributed by atoms with Crippen LogP contribution in [0, 0.1) is 12.3 Å². The molecular formula is C18H25N5O. The fourth-order valence-corrected chi connectivity index (χ4v) is 2.33. The topological polar surface area (TPSA) is 95.2 Å². The number of nitrogens with one attached hydrogen (secondary N) is 4. The summed E-state index contributed by atoms with van der Waals surface area (Å²) in [4.78, 5) is 0. The zero-order chi connectivity index (χ0) is 17.2. The molecule has 0 unspecified atom stereocenters. The molecule has 0 aliphatic carbocycles. The van der Waals surface area contributed by atoms with Crippen LogP contribution < -0.4 is 26.6 Å². The lowest BCUT2D eigenvalue weighted by atomic mass is 10.1. The van der Waals surface area contributed by atoms with Crippen LogP contribution in [0.3, 0.4) is 0 Å². The number of aryl methyl sites for hydroxylation is 1. The lowest BCUT2D eigenvalue weighted by molar-refractivity contribution is 0.304. The summed E-state index contributed by atoms with van der Waals surface area (Å²) in [5.41, 5.74) is 6.76. The Balaban J connectivity index is 1.98. The van der Waals surface area contributed by atoms with E-state index >= 15 is 0 Å². The van der Waals surface area contributed by atoms with Crippen LogP contribution in [0.5, 0.6) is 5.75 Å². The number of hydrogen-bond acceptors (Lipinski definition) is 6. The van der Waals surface area contributed by atoms with E-state index in [2.05, 4.69) is 22.1 Å². The molecule has 0 aliphatic rings. The molecule has 2 aromatic carbocycles. The van der Waals surface area contributed by atoms with Gasteiger partial charge >= 0.3 is 0 Å². The predicted octanol–water partition coefficient (Wildman–Crippen LogP) is 2.86. The molecule has 24 heavy (non-hydrogen) atoms. The van der Waals surface area contributed by atoms with Crippen LogP contribution in [-0.4, -0.2) is 19.4 Å². The molecule has 0 amide bonds. The van der Waals surface area contributed by atoms with E-state index < -0.39 is 0 Å². The molecule has 0 saturated heterocycles. The van der Waals surface area contributed by atoms with Crippen molar-refractivity contribution in [2.24, 2.45) is 5.84 Å². The van der Waals surface area contributed by atoms with Crippen molar-refractivity contribution in [2.75, 3.05) is 23.8 Å². The summed E-state index contributed by atoms with van der Waals surface area (Å²) in [7, 11) is 0. The van der Waals surface area contributed by atoms with Crippen molar-refractivity contribution < 1.29 is 4.74 Å². The molecule has 6 N–H and O–H groups in total. The van der Waals surface area contributed by atoms with Gasteiger partial charge < -0.3 is 20.8 Å². The van der Waals surface area contributed by atoms with Gasteiger partial charge in [0.15, 0.2) is 0 Å². The Kier molecular flexibility index (Phi) is 7.07. The van der Waals surface area contributed by atoms with Crippen LogP contribution in [-0.2, 0) is 6.61 Å². The third kappa shape index (κ3) is 5.26. The molecule has 6 heteroatoms. The van der Waals surface area contributed by atoms with Gasteiger partial charge in [0.25, 0.3) is 0 Å². The van der Waals surface area contributed by atoms with Crippen LogP contribution in [0.2, 0.25) is 0 Å². The molecular weight excluding hydrogens is 302 g/mol. The summed E-state index contributed by atoms with van der Waals surface area (Å²) >= 11 is 0. The fraction of sp³-hybridized carbons (Fsp3) is 0.278. The number of anilines is 2. The lowest BCUT2D eigenvalue weighted by Gasteiger charge is -2.14. The number of ether oxygens (including phenoxy) is 1. The van der Waals surface area contributed by atoms with Gasteiger partial charge in [-0.1, -0.05) is 18.2 Å². The highest BCUT2D eigenvalue weighted by Crippen LogP contribution is 2.24. The third-order valence-electron chi connectivity index (χ3n) is 3.57. The maximum atomic E-state index is 7.04. The first-order valence-electron chi connectivity index (χ1n) is 7.96. The second kappa shape index (κ2) is 9.54. The monoisotopic (exact) mass is 327 g/mol. The molecule has 2 rings (SSSR count). The van der Waals surface area contributed by atoms with E-state index in [1.165, 1.54) is 6.21 Å². The zero-order valence-electron chi connectivity index (χ0n) is 13.9. The molecule has 2 aromatic rings. The van der Waals surface area contributed by atoms with Crippen molar-refractivity contribution in [2.45, 2.75) is 20.0 Å². The van der Waals surface area contributed by atoms with Crippen molar-refractivity contribution in [3.8, 4) is 5.75 Å². The second-order valence-electron chi connectivity index (χ2n) is 5.40. The Morgan fingerprint density at radius 3 is 2.75 bits per heavy atom. The maximum absolute atomic E-state index is 7.04. The van der Waals surface area contributed by atoms with Gasteiger partial charge in [-0.3, -0.25) is 5.84 Å². The van der Waals surface area contributed by atoms with Gasteiger partial charge in [-0.25, -0.2) is 5.43 Å². The molecule has 6 nitrogen and oxygen atoms in total. The summed E-state index contributed by atoms with van der Waals surface area (Å²) < 4.78 is 5.97. The largest absolute Gasteiger partial charge is 0.489 e. The maximum Gasteiger partial charge on any atom is 0.122 e. The molecule has 0 aromatic heterocycles. The Hall–Kier alpha value is -2.57. The van der Waals surface area contributed by atoms with Crippen LogP contribution in [0.4, 0.5) is 11.4 Å². The lowest BCUT2D eigenvalue weighted by Crippen LogP contribution is -2.28. The molecule has 0 heterocycles. The van der Waals surface area contributed by atoms with Crippen LogP contribution in [0.1, 0.15) is 17.5 Å². The number of para-hydroxylation sites is 1. The van der Waals surface area contributed by atoms with Gasteiger partial charge in [0.2, 0.25) is 0 Å². The Morgan fingerprint density at radius 1 is 1.17 bits per heavy atom. The minimum absolute atomic E-state index is 0.481.